The summed E-state index contributed by atoms with van der Waals surface area (Å²) in [4.78, 5) is 0. The normalized spacial score (nSPS) is 17.5. The van der Waals surface area contributed by atoms with E-state index in [4.69, 9.17) is 0 Å². The van der Waals surface area contributed by atoms with Gasteiger partial charge in [-0.05, 0) is 47.7 Å². The van der Waals surface area contributed by atoms with Gasteiger partial charge in [-0.25, -0.2) is 0 Å². The summed E-state index contributed by atoms with van der Waals surface area (Å²) in [5.74, 6) is 0.788. The van der Waals surface area contributed by atoms with Crippen LogP contribution >= 0.6 is 11.3 Å². The molecule has 0 amide bonds. The zero-order chi connectivity index (χ0) is 14.5. The van der Waals surface area contributed by atoms with Gasteiger partial charge in [-0.3, -0.25) is 0 Å². The van der Waals surface area contributed by atoms with E-state index in [0.717, 1.165) is 19.0 Å². The third-order valence-electron chi connectivity index (χ3n) is 4.56. The van der Waals surface area contributed by atoms with Gasteiger partial charge in [0.25, 0.3) is 0 Å². The molecule has 2 heteroatoms. The standard InChI is InChI=1S/C19H25NS/c1-2-20-13-16(15-8-4-3-5-9-15)12-17-14-21-19-11-7-6-10-18(17)19/h6-7,10-12,14-15,20H,2-5,8-9,13H2,1H3/b16-12-. The maximum absolute atomic E-state index is 3.54. The van der Waals surface area contributed by atoms with E-state index in [1.54, 1.807) is 5.57 Å². The van der Waals surface area contributed by atoms with Gasteiger partial charge in [-0.1, -0.05) is 56.0 Å². The third kappa shape index (κ3) is 3.56. The highest BCUT2D eigenvalue weighted by atomic mass is 32.1. The van der Waals surface area contributed by atoms with E-state index in [1.165, 1.54) is 47.8 Å². The lowest BCUT2D eigenvalue weighted by Gasteiger charge is -2.25. The smallest absolute Gasteiger partial charge is 0.0348 e. The Bertz CT molecular complexity index is 605. The maximum atomic E-state index is 3.54. The van der Waals surface area contributed by atoms with E-state index in [9.17, 15) is 0 Å². The molecule has 0 atom stereocenters. The Morgan fingerprint density at radius 3 is 2.86 bits per heavy atom. The molecule has 1 N–H and O–H groups in total. The minimum atomic E-state index is 0.788. The summed E-state index contributed by atoms with van der Waals surface area (Å²) in [6.07, 6.45) is 9.44. The topological polar surface area (TPSA) is 12.0 Å². The first kappa shape index (κ1) is 14.8. The van der Waals surface area contributed by atoms with Gasteiger partial charge in [0, 0.05) is 11.2 Å². The number of hydrogen-bond acceptors (Lipinski definition) is 2. The van der Waals surface area contributed by atoms with Crippen molar-refractivity contribution in [2.24, 2.45) is 5.92 Å². The van der Waals surface area contributed by atoms with E-state index in [1.807, 2.05) is 11.3 Å². The van der Waals surface area contributed by atoms with Crippen LogP contribution in [-0.4, -0.2) is 13.1 Å². The molecule has 0 unspecified atom stereocenters. The first-order chi connectivity index (χ1) is 10.4. The van der Waals surface area contributed by atoms with Gasteiger partial charge in [-0.15, -0.1) is 11.3 Å². The first-order valence-corrected chi connectivity index (χ1v) is 9.14. The van der Waals surface area contributed by atoms with Gasteiger partial charge < -0.3 is 5.32 Å². The minimum absolute atomic E-state index is 0.788. The number of nitrogens with one attached hydrogen (secondary N) is 1. The number of fused-ring (bicyclic) bond motifs is 1. The molecule has 1 fully saturated rings. The van der Waals surface area contributed by atoms with E-state index in [-0.39, 0.29) is 0 Å². The van der Waals surface area contributed by atoms with E-state index < -0.39 is 0 Å². The number of thiophene rings is 1. The fraction of sp³-hybridized carbons (Fsp3) is 0.474. The SMILES string of the molecule is CCNC/C(=C/c1csc2ccccc12)C1CCCCC1. The zero-order valence-electron chi connectivity index (χ0n) is 12.9. The van der Waals surface area contributed by atoms with E-state index in [2.05, 4.69) is 48.0 Å². The molecule has 3 rings (SSSR count). The number of likely N-dealkylation sites (N-methyl/N-ethyl adjacent to an activating group) is 1. The molecule has 1 heterocycles. The van der Waals surface area contributed by atoms with E-state index >= 15 is 0 Å². The molecule has 1 aliphatic carbocycles. The van der Waals surface area contributed by atoms with Crippen LogP contribution in [0.15, 0.2) is 35.2 Å². The molecule has 1 aromatic carbocycles. The van der Waals surface area contributed by atoms with Crippen molar-refractivity contribution in [1.29, 1.82) is 0 Å². The number of rotatable bonds is 5. The molecule has 0 saturated heterocycles. The van der Waals surface area contributed by atoms with Crippen LogP contribution in [0.4, 0.5) is 0 Å². The van der Waals surface area contributed by atoms with Crippen LogP contribution in [0, 0.1) is 5.92 Å². The lowest BCUT2D eigenvalue weighted by atomic mass is 9.83. The lowest BCUT2D eigenvalue weighted by molar-refractivity contribution is 0.397. The van der Waals surface area contributed by atoms with Crippen molar-refractivity contribution in [3.8, 4) is 0 Å². The predicted molar refractivity (Wildman–Crippen MR) is 94.9 cm³/mol. The largest absolute Gasteiger partial charge is 0.313 e. The predicted octanol–water partition coefficient (Wildman–Crippen LogP) is 5.47. The van der Waals surface area contributed by atoms with Gasteiger partial charge in [0.15, 0.2) is 0 Å². The van der Waals surface area contributed by atoms with Crippen LogP contribution in [0.1, 0.15) is 44.6 Å². The van der Waals surface area contributed by atoms with Crippen LogP contribution in [0.2, 0.25) is 0 Å². The maximum Gasteiger partial charge on any atom is 0.0348 e. The molecule has 2 aromatic rings. The summed E-state index contributed by atoms with van der Waals surface area (Å²) < 4.78 is 1.40. The molecule has 21 heavy (non-hydrogen) atoms. The van der Waals surface area contributed by atoms with E-state index in [0.29, 0.717) is 0 Å². The van der Waals surface area contributed by atoms with Gasteiger partial charge >= 0.3 is 0 Å². The van der Waals surface area contributed by atoms with Crippen molar-refractivity contribution in [1.82, 2.24) is 5.32 Å². The third-order valence-corrected chi connectivity index (χ3v) is 5.54. The second-order valence-electron chi connectivity index (χ2n) is 6.02. The Labute approximate surface area is 132 Å². The van der Waals surface area contributed by atoms with Crippen molar-refractivity contribution < 1.29 is 0 Å². The molecule has 0 spiro atoms. The Kier molecular flexibility index (Phi) is 5.10. The van der Waals surface area contributed by atoms with Crippen LogP contribution < -0.4 is 5.32 Å². The van der Waals surface area contributed by atoms with Gasteiger partial charge in [0.1, 0.15) is 0 Å². The average molecular weight is 299 g/mol. The second kappa shape index (κ2) is 7.24. The van der Waals surface area contributed by atoms with Gasteiger partial charge in [0.05, 0.1) is 0 Å². The highest BCUT2D eigenvalue weighted by Crippen LogP contribution is 2.33. The Morgan fingerprint density at radius 2 is 2.05 bits per heavy atom. The molecular weight excluding hydrogens is 274 g/mol. The molecular formula is C19H25NS. The Morgan fingerprint density at radius 1 is 1.24 bits per heavy atom. The fourth-order valence-electron chi connectivity index (χ4n) is 3.37. The quantitative estimate of drug-likeness (QED) is 0.771. The molecule has 112 valence electrons. The van der Waals surface area contributed by atoms with Crippen LogP contribution in [0.25, 0.3) is 16.2 Å². The van der Waals surface area contributed by atoms with Crippen molar-refractivity contribution in [3.05, 3.63) is 40.8 Å². The second-order valence-corrected chi connectivity index (χ2v) is 6.93. The van der Waals surface area contributed by atoms with Crippen LogP contribution in [0.3, 0.4) is 0 Å². The highest BCUT2D eigenvalue weighted by Gasteiger charge is 2.18. The first-order valence-electron chi connectivity index (χ1n) is 8.26. The number of benzene rings is 1. The summed E-state index contributed by atoms with van der Waals surface area (Å²) in [5, 5.41) is 7.27. The zero-order valence-corrected chi connectivity index (χ0v) is 13.7. The highest BCUT2D eigenvalue weighted by molar-refractivity contribution is 7.17. The number of hydrogen-bond donors (Lipinski definition) is 1. The molecule has 1 aliphatic rings. The van der Waals surface area contributed by atoms with Crippen LogP contribution in [-0.2, 0) is 0 Å². The fourth-order valence-corrected chi connectivity index (χ4v) is 4.28. The summed E-state index contributed by atoms with van der Waals surface area (Å²) >= 11 is 1.86. The summed E-state index contributed by atoms with van der Waals surface area (Å²) in [6, 6.07) is 8.76. The van der Waals surface area contributed by atoms with Crippen molar-refractivity contribution in [2.75, 3.05) is 13.1 Å². The summed E-state index contributed by atoms with van der Waals surface area (Å²) in [5.41, 5.74) is 3.02. The molecule has 0 aliphatic heterocycles. The lowest BCUT2D eigenvalue weighted by Crippen LogP contribution is -2.22. The van der Waals surface area contributed by atoms with Gasteiger partial charge in [-0.2, -0.15) is 0 Å². The Hall–Kier alpha value is -1.12. The molecule has 0 bridgehead atoms. The van der Waals surface area contributed by atoms with Crippen molar-refractivity contribution in [2.45, 2.75) is 39.0 Å². The van der Waals surface area contributed by atoms with Gasteiger partial charge in [0.2, 0.25) is 0 Å². The molecule has 0 radical (unpaired) electrons. The average Bonchev–Trinajstić information content (AvgIpc) is 2.95. The summed E-state index contributed by atoms with van der Waals surface area (Å²) in [7, 11) is 0. The van der Waals surface area contributed by atoms with Crippen molar-refractivity contribution in [3.63, 3.8) is 0 Å². The molecule has 1 nitrogen and oxygen atoms in total. The molecule has 1 saturated carbocycles. The van der Waals surface area contributed by atoms with Crippen molar-refractivity contribution >= 4 is 27.5 Å². The monoisotopic (exact) mass is 299 g/mol. The molecule has 1 aromatic heterocycles. The van der Waals surface area contributed by atoms with Crippen LogP contribution in [0.5, 0.6) is 0 Å². The Balaban J connectivity index is 1.90. The minimum Gasteiger partial charge on any atom is -0.313 e. The summed E-state index contributed by atoms with van der Waals surface area (Å²) in [6.45, 7) is 4.29.